The smallest absolute Gasteiger partial charge is 0.409 e. The number of amides is 1. The number of halogens is 1. The van der Waals surface area contributed by atoms with E-state index in [2.05, 4.69) is 20.9 Å². The van der Waals surface area contributed by atoms with E-state index in [1.807, 2.05) is 18.2 Å². The summed E-state index contributed by atoms with van der Waals surface area (Å²) in [6.45, 7) is 0. The fourth-order valence-corrected chi connectivity index (χ4v) is 1.63. The van der Waals surface area contributed by atoms with Crippen LogP contribution >= 0.6 is 15.9 Å². The van der Waals surface area contributed by atoms with Crippen molar-refractivity contribution in [3.63, 3.8) is 0 Å². The quantitative estimate of drug-likeness (QED) is 0.863. The lowest BCUT2D eigenvalue weighted by Gasteiger charge is -2.02. The molecule has 0 bridgehead atoms. The van der Waals surface area contributed by atoms with Gasteiger partial charge in [-0.15, -0.1) is 0 Å². The monoisotopic (exact) mass is 266 g/mol. The van der Waals surface area contributed by atoms with E-state index in [1.165, 1.54) is 6.20 Å². The number of nitrogens with zero attached hydrogens (tertiary/aromatic N) is 1. The molecule has 0 spiro atoms. The maximum atomic E-state index is 10.5. The van der Waals surface area contributed by atoms with E-state index in [9.17, 15) is 4.79 Å². The minimum atomic E-state index is -0.842. The third-order valence-corrected chi connectivity index (χ3v) is 2.33. The molecule has 0 atom stereocenters. The van der Waals surface area contributed by atoms with Crippen LogP contribution in [0.4, 0.5) is 4.79 Å². The molecule has 15 heavy (non-hydrogen) atoms. The molecule has 0 aliphatic heterocycles. The summed E-state index contributed by atoms with van der Waals surface area (Å²) in [5.41, 5.74) is 5.73. The SMILES string of the molecule is NC(=O)Oc1cnc2ccc(Br)cc2c1. The number of aromatic nitrogens is 1. The fraction of sp³-hybridized carbons (Fsp3) is 0. The summed E-state index contributed by atoms with van der Waals surface area (Å²) < 4.78 is 5.66. The highest BCUT2D eigenvalue weighted by molar-refractivity contribution is 9.10. The predicted octanol–water partition coefficient (Wildman–Crippen LogP) is 2.45. The summed E-state index contributed by atoms with van der Waals surface area (Å²) in [4.78, 5) is 14.7. The van der Waals surface area contributed by atoms with Gasteiger partial charge in [-0.1, -0.05) is 15.9 Å². The third kappa shape index (κ3) is 2.24. The number of fused-ring (bicyclic) bond motifs is 1. The highest BCUT2D eigenvalue weighted by Crippen LogP contribution is 2.21. The second-order valence-electron chi connectivity index (χ2n) is 2.93. The number of hydrogen-bond acceptors (Lipinski definition) is 3. The molecule has 2 aromatic rings. The summed E-state index contributed by atoms with van der Waals surface area (Å²) in [7, 11) is 0. The Labute approximate surface area is 94.2 Å². The topological polar surface area (TPSA) is 65.2 Å². The first kappa shape index (κ1) is 9.92. The van der Waals surface area contributed by atoms with E-state index in [0.717, 1.165) is 15.4 Å². The minimum absolute atomic E-state index is 0.341. The number of rotatable bonds is 1. The van der Waals surface area contributed by atoms with Gasteiger partial charge in [0, 0.05) is 9.86 Å². The van der Waals surface area contributed by atoms with Crippen LogP contribution in [0.1, 0.15) is 0 Å². The average molecular weight is 267 g/mol. The lowest BCUT2D eigenvalue weighted by atomic mass is 10.2. The second kappa shape index (κ2) is 3.86. The molecule has 0 saturated carbocycles. The molecule has 4 nitrogen and oxygen atoms in total. The van der Waals surface area contributed by atoms with Gasteiger partial charge in [0.15, 0.2) is 5.75 Å². The number of pyridine rings is 1. The van der Waals surface area contributed by atoms with E-state index in [1.54, 1.807) is 6.07 Å². The number of benzene rings is 1. The van der Waals surface area contributed by atoms with Gasteiger partial charge in [-0.25, -0.2) is 4.79 Å². The number of carbonyl (C=O) groups is 1. The Kier molecular flexibility index (Phi) is 2.55. The fourth-order valence-electron chi connectivity index (χ4n) is 1.25. The van der Waals surface area contributed by atoms with Crippen LogP contribution in [0.2, 0.25) is 0 Å². The van der Waals surface area contributed by atoms with E-state index in [0.29, 0.717) is 5.75 Å². The van der Waals surface area contributed by atoms with Crippen LogP contribution < -0.4 is 10.5 Å². The van der Waals surface area contributed by atoms with E-state index >= 15 is 0 Å². The summed E-state index contributed by atoms with van der Waals surface area (Å²) in [6, 6.07) is 7.35. The molecule has 0 unspecified atom stereocenters. The van der Waals surface area contributed by atoms with Crippen molar-refractivity contribution < 1.29 is 9.53 Å². The molecule has 0 fully saturated rings. The van der Waals surface area contributed by atoms with E-state index < -0.39 is 6.09 Å². The number of ether oxygens (including phenoxy) is 1. The van der Waals surface area contributed by atoms with Crippen molar-refractivity contribution in [2.45, 2.75) is 0 Å². The molecule has 2 rings (SSSR count). The normalized spacial score (nSPS) is 10.2. The molecule has 5 heteroatoms. The van der Waals surface area contributed by atoms with Gasteiger partial charge < -0.3 is 10.5 Å². The Morgan fingerprint density at radius 2 is 2.20 bits per heavy atom. The summed E-state index contributed by atoms with van der Waals surface area (Å²) in [6.07, 6.45) is 0.618. The van der Waals surface area contributed by atoms with E-state index in [-0.39, 0.29) is 0 Å². The van der Waals surface area contributed by atoms with Crippen LogP contribution in [0.5, 0.6) is 5.75 Å². The first-order valence-electron chi connectivity index (χ1n) is 4.18. The Morgan fingerprint density at radius 1 is 1.40 bits per heavy atom. The molecule has 76 valence electrons. The zero-order valence-electron chi connectivity index (χ0n) is 7.61. The van der Waals surface area contributed by atoms with Gasteiger partial charge in [0.2, 0.25) is 0 Å². The summed E-state index contributed by atoms with van der Waals surface area (Å²) >= 11 is 3.35. The van der Waals surface area contributed by atoms with Gasteiger partial charge in [0.25, 0.3) is 0 Å². The van der Waals surface area contributed by atoms with Gasteiger partial charge in [0.05, 0.1) is 11.7 Å². The maximum absolute atomic E-state index is 10.5. The molecular weight excluding hydrogens is 260 g/mol. The number of carbonyl (C=O) groups excluding carboxylic acids is 1. The molecule has 1 aromatic heterocycles. The zero-order valence-corrected chi connectivity index (χ0v) is 9.19. The Morgan fingerprint density at radius 3 is 2.93 bits per heavy atom. The highest BCUT2D eigenvalue weighted by atomic mass is 79.9. The van der Waals surface area contributed by atoms with Crippen LogP contribution in [0.25, 0.3) is 10.9 Å². The Balaban J connectivity index is 2.49. The van der Waals surface area contributed by atoms with Gasteiger partial charge >= 0.3 is 6.09 Å². The van der Waals surface area contributed by atoms with Crippen molar-refractivity contribution in [2.75, 3.05) is 0 Å². The van der Waals surface area contributed by atoms with Crippen molar-refractivity contribution in [2.24, 2.45) is 5.73 Å². The lowest BCUT2D eigenvalue weighted by Crippen LogP contribution is -2.16. The van der Waals surface area contributed by atoms with Crippen molar-refractivity contribution in [1.29, 1.82) is 0 Å². The first-order valence-corrected chi connectivity index (χ1v) is 4.97. The molecule has 2 N–H and O–H groups in total. The molecule has 0 aliphatic rings. The molecule has 1 heterocycles. The summed E-state index contributed by atoms with van der Waals surface area (Å²) in [5, 5.41) is 0.878. The predicted molar refractivity (Wildman–Crippen MR) is 59.7 cm³/mol. The Bertz CT molecular complexity index is 528. The van der Waals surface area contributed by atoms with Gasteiger partial charge in [-0.2, -0.15) is 0 Å². The second-order valence-corrected chi connectivity index (χ2v) is 3.84. The largest absolute Gasteiger partial charge is 0.410 e. The van der Waals surface area contributed by atoms with Crippen LogP contribution in [-0.4, -0.2) is 11.1 Å². The standard InChI is InChI=1S/C10H7BrN2O2/c11-7-1-2-9-6(3-7)4-8(5-13-9)15-10(12)14/h1-5H,(H2,12,14). The zero-order chi connectivity index (χ0) is 10.8. The summed E-state index contributed by atoms with van der Waals surface area (Å²) in [5.74, 6) is 0.341. The van der Waals surface area contributed by atoms with Crippen molar-refractivity contribution in [3.05, 3.63) is 34.9 Å². The van der Waals surface area contributed by atoms with Crippen LogP contribution in [0.3, 0.4) is 0 Å². The van der Waals surface area contributed by atoms with Crippen LogP contribution in [-0.2, 0) is 0 Å². The third-order valence-electron chi connectivity index (χ3n) is 1.84. The lowest BCUT2D eigenvalue weighted by molar-refractivity contribution is 0.211. The van der Waals surface area contributed by atoms with Gasteiger partial charge in [0.1, 0.15) is 0 Å². The molecule has 1 amide bonds. The number of hydrogen-bond donors (Lipinski definition) is 1. The highest BCUT2D eigenvalue weighted by Gasteiger charge is 2.02. The van der Waals surface area contributed by atoms with Crippen LogP contribution in [0.15, 0.2) is 34.9 Å². The molecule has 0 aliphatic carbocycles. The first-order chi connectivity index (χ1) is 7.15. The van der Waals surface area contributed by atoms with E-state index in [4.69, 9.17) is 10.5 Å². The van der Waals surface area contributed by atoms with Crippen molar-refractivity contribution >= 4 is 32.9 Å². The van der Waals surface area contributed by atoms with Crippen molar-refractivity contribution in [1.82, 2.24) is 4.98 Å². The average Bonchev–Trinajstić information content (AvgIpc) is 2.16. The minimum Gasteiger partial charge on any atom is -0.409 e. The molecule has 0 saturated heterocycles. The van der Waals surface area contributed by atoms with Crippen LogP contribution in [0, 0.1) is 0 Å². The number of primary amides is 1. The molecular formula is C10H7BrN2O2. The Hall–Kier alpha value is -1.62. The molecule has 0 radical (unpaired) electrons. The van der Waals surface area contributed by atoms with Crippen molar-refractivity contribution in [3.8, 4) is 5.75 Å². The maximum Gasteiger partial charge on any atom is 0.410 e. The van der Waals surface area contributed by atoms with Gasteiger partial charge in [-0.3, -0.25) is 4.98 Å². The van der Waals surface area contributed by atoms with Gasteiger partial charge in [-0.05, 0) is 24.3 Å². The number of nitrogens with two attached hydrogens (primary N) is 1. The molecule has 1 aromatic carbocycles.